The second-order valence-electron chi connectivity index (χ2n) is 13.4. The van der Waals surface area contributed by atoms with Crippen molar-refractivity contribution in [3.05, 3.63) is 143 Å². The van der Waals surface area contributed by atoms with Crippen LogP contribution in [-0.2, 0) is 40.5 Å². The molecule has 0 N–H and O–H groups in total. The zero-order valence-corrected chi connectivity index (χ0v) is 49.7. The average molecular weight is 1100 g/mol. The first-order chi connectivity index (χ1) is 31.9. The van der Waals surface area contributed by atoms with Gasteiger partial charge in [0.15, 0.2) is 22.9 Å². The van der Waals surface area contributed by atoms with E-state index in [4.69, 9.17) is 9.47 Å². The Kier molecular flexibility index (Phi) is 24.3. The van der Waals surface area contributed by atoms with E-state index in [1.165, 1.54) is 74.9 Å². The van der Waals surface area contributed by atoms with Crippen LogP contribution >= 0.6 is 0 Å². The van der Waals surface area contributed by atoms with Crippen molar-refractivity contribution < 1.29 is 189 Å². The van der Waals surface area contributed by atoms with Gasteiger partial charge >= 0.3 is 118 Å². The molecule has 0 unspecified atom stereocenters. The molecule has 0 aromatic heterocycles. The summed E-state index contributed by atoms with van der Waals surface area (Å²) >= 11 is 0. The molecule has 352 valence electrons. The number of hydrogen-bond donors (Lipinski definition) is 0. The second kappa shape index (κ2) is 27.2. The molecule has 0 spiro atoms. The molecule has 0 saturated heterocycles. The molecule has 24 nitrogen and oxygen atoms in total. The second-order valence-corrected chi connectivity index (χ2v) is 18.9. The molecule has 6 aromatic carbocycles. The van der Waals surface area contributed by atoms with E-state index < -0.39 is 71.4 Å². The van der Waals surface area contributed by atoms with Crippen LogP contribution in [0.2, 0.25) is 0 Å². The van der Waals surface area contributed by atoms with E-state index in [1.807, 2.05) is 0 Å². The zero-order valence-electron chi connectivity index (χ0n) is 38.4. The molecule has 0 bridgehead atoms. The molecular weight excluding hydrogens is 1070 g/mol. The van der Waals surface area contributed by atoms with Gasteiger partial charge in [0.2, 0.25) is 11.4 Å². The number of methoxy groups -OCH3 is 2. The van der Waals surface area contributed by atoms with Crippen molar-refractivity contribution in [2.24, 2.45) is 30.7 Å². The minimum atomic E-state index is -5.34. The third-order valence-corrected chi connectivity index (χ3v) is 12.4. The predicted octanol–water partition coefficient (Wildman–Crippen LogP) is -3.81. The fourth-order valence-corrected chi connectivity index (χ4v) is 8.14. The molecule has 0 heterocycles. The van der Waals surface area contributed by atoms with Crippen LogP contribution in [0.3, 0.4) is 0 Å². The van der Waals surface area contributed by atoms with Crippen molar-refractivity contribution >= 4 is 98.1 Å². The van der Waals surface area contributed by atoms with Crippen LogP contribution in [0, 0.1) is 10.4 Å². The van der Waals surface area contributed by atoms with Crippen molar-refractivity contribution in [1.29, 1.82) is 0 Å². The molecule has 6 rings (SSSR count). The summed E-state index contributed by atoms with van der Waals surface area (Å²) in [4.78, 5) is -2.99. The normalized spacial score (nSPS) is 12.4. The minimum absolute atomic E-state index is 0. The van der Waals surface area contributed by atoms with Gasteiger partial charge in [-0.3, -0.25) is 0 Å². The Hall–Kier alpha value is -3.70. The van der Waals surface area contributed by atoms with E-state index in [9.17, 15) is 62.3 Å². The first kappa shape index (κ1) is 64.4. The van der Waals surface area contributed by atoms with Gasteiger partial charge in [-0.25, -0.2) is 33.7 Å². The van der Waals surface area contributed by atoms with Gasteiger partial charge in [-0.05, 0) is 93.6 Å². The molecular formula is C40H28N8Na4O16S4. The molecule has 32 heteroatoms. The molecule has 0 atom stereocenters. The van der Waals surface area contributed by atoms with Crippen LogP contribution in [0.15, 0.2) is 172 Å². The van der Waals surface area contributed by atoms with Crippen molar-refractivity contribution in [3.8, 4) is 11.5 Å². The van der Waals surface area contributed by atoms with Gasteiger partial charge in [0.25, 0.3) is 0 Å². The third-order valence-electron chi connectivity index (χ3n) is 8.92. The molecule has 72 heavy (non-hydrogen) atoms. The van der Waals surface area contributed by atoms with Crippen LogP contribution in [0.25, 0.3) is 12.2 Å². The van der Waals surface area contributed by atoms with E-state index in [1.54, 1.807) is 0 Å². The molecule has 0 fully saturated rings. The maximum Gasteiger partial charge on any atom is 1.00 e. The smallest absolute Gasteiger partial charge is 0.744 e. The van der Waals surface area contributed by atoms with Crippen LogP contribution in [0.4, 0.5) is 45.5 Å². The number of rotatable bonds is 16. The van der Waals surface area contributed by atoms with Gasteiger partial charge in [0.1, 0.15) is 40.5 Å². The third kappa shape index (κ3) is 17.4. The predicted molar refractivity (Wildman–Crippen MR) is 232 cm³/mol. The maximum absolute atomic E-state index is 13.2. The zero-order chi connectivity index (χ0) is 49.6. The largest absolute Gasteiger partial charge is 1.00 e. The Morgan fingerprint density at radius 2 is 0.764 bits per heavy atom. The number of hydrogen-bond acceptors (Lipinski definition) is 22. The number of ether oxygens (including phenoxy) is 2. The van der Waals surface area contributed by atoms with Crippen molar-refractivity contribution in [3.63, 3.8) is 0 Å². The van der Waals surface area contributed by atoms with Gasteiger partial charge in [-0.15, -0.1) is 0 Å². The van der Waals surface area contributed by atoms with E-state index in [-0.39, 0.29) is 185 Å². The minimum Gasteiger partial charge on any atom is -0.744 e. The van der Waals surface area contributed by atoms with Gasteiger partial charge in [0.05, 0.1) is 56.6 Å². The van der Waals surface area contributed by atoms with Crippen molar-refractivity contribution in [1.82, 2.24) is 0 Å². The quantitative estimate of drug-likeness (QED) is 0.0224. The van der Waals surface area contributed by atoms with Crippen LogP contribution in [-0.4, -0.2) is 75.8 Å². The monoisotopic (exact) mass is 1100 g/mol. The van der Waals surface area contributed by atoms with E-state index in [0.717, 1.165) is 60.7 Å². The fraction of sp³-hybridized carbons (Fsp3) is 0.0500. The van der Waals surface area contributed by atoms with Crippen LogP contribution in [0.1, 0.15) is 11.1 Å². The summed E-state index contributed by atoms with van der Waals surface area (Å²) in [5, 5.41) is 49.7. The maximum atomic E-state index is 13.2. The number of nitrogens with zero attached hydrogens (tertiary/aromatic N) is 8. The average Bonchev–Trinajstić information content (AvgIpc) is 3.29. The molecule has 6 aromatic rings. The van der Waals surface area contributed by atoms with Crippen LogP contribution < -0.4 is 128 Å². The molecule has 0 amide bonds. The van der Waals surface area contributed by atoms with E-state index >= 15 is 0 Å². The molecule has 0 saturated carbocycles. The van der Waals surface area contributed by atoms with Gasteiger partial charge < -0.3 is 38.1 Å². The summed E-state index contributed by atoms with van der Waals surface area (Å²) in [5.41, 5.74) is -1.46. The summed E-state index contributed by atoms with van der Waals surface area (Å²) in [6, 6.07) is 23.0. The number of benzene rings is 6. The number of azo groups is 4. The molecule has 0 aliphatic heterocycles. The summed E-state index contributed by atoms with van der Waals surface area (Å²) in [7, 11) is -17.7. The van der Waals surface area contributed by atoms with Gasteiger partial charge in [-0.2, -0.15) is 20.5 Å². The van der Waals surface area contributed by atoms with Crippen molar-refractivity contribution in [2.45, 2.75) is 19.6 Å². The Morgan fingerprint density at radius 1 is 0.431 bits per heavy atom. The summed E-state index contributed by atoms with van der Waals surface area (Å²) in [6.07, 6.45) is 1.95. The molecule has 0 radical (unpaired) electrons. The topological polar surface area (TPSA) is 374 Å². The molecule has 0 aliphatic rings. The summed E-state index contributed by atoms with van der Waals surface area (Å²) in [6.45, 7) is 0. The van der Waals surface area contributed by atoms with Gasteiger partial charge in [-0.1, -0.05) is 24.3 Å². The first-order valence-corrected chi connectivity index (χ1v) is 24.1. The van der Waals surface area contributed by atoms with E-state index in [2.05, 4.69) is 30.7 Å². The summed E-state index contributed by atoms with van der Waals surface area (Å²) in [5.74, 6) is -0.0594. The molecule has 0 aliphatic carbocycles. The van der Waals surface area contributed by atoms with Crippen molar-refractivity contribution in [2.75, 3.05) is 14.2 Å². The van der Waals surface area contributed by atoms with Gasteiger partial charge in [0, 0.05) is 46.6 Å². The Bertz CT molecular complexity index is 3370. The van der Waals surface area contributed by atoms with Crippen LogP contribution in [0.5, 0.6) is 11.5 Å². The SMILES string of the molecule is COc1cc(N=Nc2cccc(S(=O)(=O)[O-])c2)ccc1N=[N+]([O-])c1ccc(C=Cc2ccc([N+]([O-])=Nc3ccc(N=Nc4cccc(S(=O)(=O)[O-])c4)cc3OC)cc2S(=O)(=O)[O-])c(S(=O)(=O)[O-])c1.[Na+].[Na+].[Na+].[Na+]. The standard InChI is InChI=1S/C40H32N8O16S4.4Na/c1-63-37-21-29(43-41-27-5-3-7-33(19-27)65(51,52)53)13-17-35(37)45-47(49)31-15-11-25(39(23-31)67(57,58)59)9-10-26-12-16-32(24-40(26)68(60,61)62)48(50)46-36-18-14-30(22-38(36)64-2)44-42-28-6-4-8-34(20-28)66(54,55)56;;;;/h3-24H,1-2H3,(H,51,52,53)(H,54,55,56)(H,57,58,59)(H,60,61,62);;;;/q;4*+1/p-4. The van der Waals surface area contributed by atoms with E-state index in [0.29, 0.717) is 12.1 Å². The summed E-state index contributed by atoms with van der Waals surface area (Å²) < 4.78 is 153. The Balaban J connectivity index is 0.00000444. The Morgan fingerprint density at radius 3 is 1.07 bits per heavy atom. The first-order valence-electron chi connectivity index (χ1n) is 18.5. The Labute approximate surface area is 500 Å². The fourth-order valence-electron chi connectivity index (χ4n) is 5.74.